The van der Waals surface area contributed by atoms with Crippen molar-refractivity contribution in [1.29, 1.82) is 0 Å². The van der Waals surface area contributed by atoms with Gasteiger partial charge in [-0.2, -0.15) is 0 Å². The first-order valence-electron chi connectivity index (χ1n) is 8.25. The summed E-state index contributed by atoms with van der Waals surface area (Å²) in [7, 11) is 0. The van der Waals surface area contributed by atoms with Gasteiger partial charge in [0, 0.05) is 11.3 Å². The Morgan fingerprint density at radius 3 is 2.24 bits per heavy atom. The largest absolute Gasteiger partial charge is 0.319 e. The number of aryl methyl sites for hydroxylation is 3. The van der Waals surface area contributed by atoms with E-state index in [1.807, 2.05) is 49.6 Å². The lowest BCUT2D eigenvalue weighted by atomic mass is 10.1. The molecule has 0 fully saturated rings. The Morgan fingerprint density at radius 1 is 1.08 bits per heavy atom. The van der Waals surface area contributed by atoms with Crippen LogP contribution in [0.5, 0.6) is 0 Å². The van der Waals surface area contributed by atoms with Crippen molar-refractivity contribution in [2.24, 2.45) is 0 Å². The third-order valence-electron chi connectivity index (χ3n) is 4.23. The smallest absolute Gasteiger partial charge is 0.255 e. The lowest BCUT2D eigenvalue weighted by molar-refractivity contribution is 0.102. The van der Waals surface area contributed by atoms with Crippen LogP contribution in [0, 0.1) is 20.8 Å². The molecule has 1 aromatic carbocycles. The van der Waals surface area contributed by atoms with Crippen LogP contribution in [0.2, 0.25) is 0 Å². The van der Waals surface area contributed by atoms with Crippen molar-refractivity contribution < 1.29 is 4.79 Å². The average molecular weight is 335 g/mol. The molecule has 1 amide bonds. The summed E-state index contributed by atoms with van der Waals surface area (Å²) in [5.41, 5.74) is 4.32. The van der Waals surface area contributed by atoms with Gasteiger partial charge < -0.3 is 5.32 Å². The van der Waals surface area contributed by atoms with E-state index in [1.165, 1.54) is 5.56 Å². The van der Waals surface area contributed by atoms with Crippen LogP contribution in [0.1, 0.15) is 40.1 Å². The van der Waals surface area contributed by atoms with Gasteiger partial charge in [0.2, 0.25) is 5.95 Å². The molecule has 0 aliphatic heterocycles. The van der Waals surface area contributed by atoms with E-state index in [4.69, 9.17) is 0 Å². The number of aromatic nitrogens is 4. The summed E-state index contributed by atoms with van der Waals surface area (Å²) in [6.45, 7) is 7.93. The molecule has 6 heteroatoms. The van der Waals surface area contributed by atoms with Crippen LogP contribution in [0.4, 0.5) is 5.69 Å². The van der Waals surface area contributed by atoms with E-state index in [2.05, 4.69) is 27.2 Å². The number of anilines is 1. The molecule has 0 spiro atoms. The van der Waals surface area contributed by atoms with Crippen molar-refractivity contribution >= 4 is 11.6 Å². The topological polar surface area (TPSA) is 72.7 Å². The fraction of sp³-hybridized carbons (Fsp3) is 0.263. The van der Waals surface area contributed by atoms with Gasteiger partial charge in [0.1, 0.15) is 5.82 Å². The number of amides is 1. The number of nitrogens with zero attached hydrogens (tertiary/aromatic N) is 4. The highest BCUT2D eigenvalue weighted by Gasteiger charge is 2.12. The van der Waals surface area contributed by atoms with Gasteiger partial charge >= 0.3 is 0 Å². The number of nitrogens with one attached hydrogen (secondary N) is 1. The quantitative estimate of drug-likeness (QED) is 0.793. The van der Waals surface area contributed by atoms with Crippen LogP contribution in [0.15, 0.2) is 36.7 Å². The second kappa shape index (κ2) is 6.84. The molecule has 0 bridgehead atoms. The molecular weight excluding hydrogens is 314 g/mol. The Labute approximate surface area is 147 Å². The molecule has 0 atom stereocenters. The molecule has 0 unspecified atom stereocenters. The molecule has 25 heavy (non-hydrogen) atoms. The van der Waals surface area contributed by atoms with Gasteiger partial charge in [-0.05, 0) is 44.9 Å². The zero-order valence-corrected chi connectivity index (χ0v) is 14.9. The Balaban J connectivity index is 1.77. The Morgan fingerprint density at radius 2 is 1.72 bits per heavy atom. The Kier molecular flexibility index (Phi) is 4.61. The van der Waals surface area contributed by atoms with Crippen molar-refractivity contribution in [3.05, 3.63) is 65.0 Å². The predicted octanol–water partition coefficient (Wildman–Crippen LogP) is 3.40. The summed E-state index contributed by atoms with van der Waals surface area (Å²) in [5, 5.41) is 2.82. The summed E-state index contributed by atoms with van der Waals surface area (Å²) in [6.07, 6.45) is 4.16. The van der Waals surface area contributed by atoms with Gasteiger partial charge in [-0.15, -0.1) is 0 Å². The molecule has 3 rings (SSSR count). The molecule has 0 aliphatic rings. The minimum atomic E-state index is -0.176. The second-order valence-corrected chi connectivity index (χ2v) is 5.94. The number of carbonyl (C=O) groups excluding carboxylic acids is 1. The summed E-state index contributed by atoms with van der Waals surface area (Å²) in [5.74, 6) is 1.20. The van der Waals surface area contributed by atoms with Crippen LogP contribution < -0.4 is 5.32 Å². The lowest BCUT2D eigenvalue weighted by Crippen LogP contribution is -2.13. The summed E-state index contributed by atoms with van der Waals surface area (Å²) in [6, 6.07) is 7.57. The first-order chi connectivity index (χ1) is 12.0. The number of carbonyl (C=O) groups is 1. The van der Waals surface area contributed by atoms with Crippen molar-refractivity contribution in [2.75, 3.05) is 5.32 Å². The molecule has 128 valence electrons. The molecule has 0 aliphatic carbocycles. The number of hydrogen-bond donors (Lipinski definition) is 1. The highest BCUT2D eigenvalue weighted by molar-refractivity contribution is 6.04. The van der Waals surface area contributed by atoms with Gasteiger partial charge in [-0.25, -0.2) is 15.0 Å². The van der Waals surface area contributed by atoms with Crippen molar-refractivity contribution in [3.63, 3.8) is 0 Å². The summed E-state index contributed by atoms with van der Waals surface area (Å²) in [4.78, 5) is 25.4. The molecular formula is C19H21N5O. The van der Waals surface area contributed by atoms with E-state index in [0.717, 1.165) is 23.6 Å². The van der Waals surface area contributed by atoms with Gasteiger partial charge in [0.05, 0.1) is 23.8 Å². The van der Waals surface area contributed by atoms with Gasteiger partial charge in [0.15, 0.2) is 0 Å². The number of imidazole rings is 1. The second-order valence-electron chi connectivity index (χ2n) is 5.94. The fourth-order valence-corrected chi connectivity index (χ4v) is 2.67. The van der Waals surface area contributed by atoms with Crippen molar-refractivity contribution in [3.8, 4) is 5.95 Å². The molecule has 2 aromatic heterocycles. The van der Waals surface area contributed by atoms with Crippen LogP contribution in [-0.4, -0.2) is 25.4 Å². The maximum Gasteiger partial charge on any atom is 0.255 e. The predicted molar refractivity (Wildman–Crippen MR) is 97.1 cm³/mol. The zero-order chi connectivity index (χ0) is 18.0. The molecule has 3 aromatic rings. The molecule has 6 nitrogen and oxygen atoms in total. The third kappa shape index (κ3) is 3.42. The summed E-state index contributed by atoms with van der Waals surface area (Å²) >= 11 is 0. The first-order valence-corrected chi connectivity index (χ1v) is 8.25. The van der Waals surface area contributed by atoms with E-state index in [1.54, 1.807) is 12.4 Å². The monoisotopic (exact) mass is 335 g/mol. The lowest BCUT2D eigenvalue weighted by Gasteiger charge is -2.08. The van der Waals surface area contributed by atoms with Crippen LogP contribution in [0.3, 0.4) is 0 Å². The van der Waals surface area contributed by atoms with Gasteiger partial charge in [-0.1, -0.05) is 19.1 Å². The average Bonchev–Trinajstić information content (AvgIpc) is 2.88. The van der Waals surface area contributed by atoms with Gasteiger partial charge in [0.25, 0.3) is 5.91 Å². The van der Waals surface area contributed by atoms with E-state index in [9.17, 15) is 4.79 Å². The first kappa shape index (κ1) is 16.8. The van der Waals surface area contributed by atoms with E-state index < -0.39 is 0 Å². The van der Waals surface area contributed by atoms with E-state index >= 15 is 0 Å². The fourth-order valence-electron chi connectivity index (χ4n) is 2.67. The third-order valence-corrected chi connectivity index (χ3v) is 4.23. The maximum absolute atomic E-state index is 12.3. The van der Waals surface area contributed by atoms with Crippen molar-refractivity contribution in [2.45, 2.75) is 34.1 Å². The Hall–Kier alpha value is -3.02. The minimum Gasteiger partial charge on any atom is -0.319 e. The normalized spacial score (nSPS) is 10.7. The SMILES string of the molecule is CCc1ccc(C(=O)Nc2cnc(-n3c(C)nc(C)c3C)nc2)cc1. The minimum absolute atomic E-state index is 0.176. The molecule has 0 saturated carbocycles. The molecule has 1 N–H and O–H groups in total. The number of benzene rings is 1. The highest BCUT2D eigenvalue weighted by atomic mass is 16.1. The van der Waals surface area contributed by atoms with Crippen LogP contribution in [0.25, 0.3) is 5.95 Å². The molecule has 2 heterocycles. The van der Waals surface area contributed by atoms with Crippen LogP contribution >= 0.6 is 0 Å². The summed E-state index contributed by atoms with van der Waals surface area (Å²) < 4.78 is 1.89. The Bertz CT molecular complexity index is 895. The highest BCUT2D eigenvalue weighted by Crippen LogP contribution is 2.15. The molecule has 0 saturated heterocycles. The van der Waals surface area contributed by atoms with E-state index in [-0.39, 0.29) is 5.91 Å². The van der Waals surface area contributed by atoms with Crippen molar-refractivity contribution in [1.82, 2.24) is 19.5 Å². The number of hydrogen-bond acceptors (Lipinski definition) is 4. The van der Waals surface area contributed by atoms with E-state index in [0.29, 0.717) is 17.2 Å². The van der Waals surface area contributed by atoms with Crippen LogP contribution in [-0.2, 0) is 6.42 Å². The standard InChI is InChI=1S/C19H21N5O/c1-5-15-6-8-16(9-7-15)18(25)23-17-10-20-19(21-11-17)24-13(3)12(2)22-14(24)4/h6-11H,5H2,1-4H3,(H,23,25). The van der Waals surface area contributed by atoms with Gasteiger partial charge in [-0.3, -0.25) is 9.36 Å². The molecule has 0 radical (unpaired) electrons. The maximum atomic E-state index is 12.3. The zero-order valence-electron chi connectivity index (χ0n) is 14.9. The number of rotatable bonds is 4.